The van der Waals surface area contributed by atoms with E-state index in [2.05, 4.69) is 41.5 Å². The molecule has 9 atom stereocenters. The van der Waals surface area contributed by atoms with Gasteiger partial charge in [0, 0.05) is 11.3 Å². The third-order valence-corrected chi connectivity index (χ3v) is 13.8. The molecule has 0 spiro atoms. The molecule has 228 valence electrons. The molecule has 5 aliphatic rings. The third-order valence-electron chi connectivity index (χ3n) is 13.8. The summed E-state index contributed by atoms with van der Waals surface area (Å²) in [5.74, 6) is -1.87. The van der Waals surface area contributed by atoms with E-state index >= 15 is 0 Å². The molecular formula is C34H50O7. The minimum Gasteiger partial charge on any atom is -0.481 e. The first kappa shape index (κ1) is 30.3. The van der Waals surface area contributed by atoms with Crippen LogP contribution in [0.1, 0.15) is 119 Å². The second kappa shape index (κ2) is 9.41. The number of esters is 1. The van der Waals surface area contributed by atoms with Crippen molar-refractivity contribution in [2.24, 2.45) is 50.2 Å². The number of fused-ring (bicyclic) bond motifs is 7. The molecule has 5 rings (SSSR count). The first-order valence-corrected chi connectivity index (χ1v) is 15.7. The van der Waals surface area contributed by atoms with Gasteiger partial charge in [0.2, 0.25) is 0 Å². The summed E-state index contributed by atoms with van der Waals surface area (Å²) in [5, 5.41) is 19.1. The van der Waals surface area contributed by atoms with Gasteiger partial charge in [0.1, 0.15) is 6.10 Å². The number of rotatable bonds is 5. The summed E-state index contributed by atoms with van der Waals surface area (Å²) < 4.78 is 5.91. The summed E-state index contributed by atoms with van der Waals surface area (Å²) in [4.78, 5) is 50.3. The lowest BCUT2D eigenvalue weighted by molar-refractivity contribution is -0.211. The van der Waals surface area contributed by atoms with Crippen molar-refractivity contribution in [3.8, 4) is 0 Å². The first-order chi connectivity index (χ1) is 18.8. The summed E-state index contributed by atoms with van der Waals surface area (Å²) in [6.45, 7) is 15.5. The Labute approximate surface area is 244 Å². The number of ether oxygens (including phenoxy) is 1. The van der Waals surface area contributed by atoms with Gasteiger partial charge in [-0.2, -0.15) is 0 Å². The largest absolute Gasteiger partial charge is 0.481 e. The van der Waals surface area contributed by atoms with E-state index < -0.39 is 23.3 Å². The van der Waals surface area contributed by atoms with Crippen LogP contribution in [0.5, 0.6) is 0 Å². The van der Waals surface area contributed by atoms with Gasteiger partial charge in [0.05, 0.1) is 18.3 Å². The Morgan fingerprint density at radius 1 is 0.878 bits per heavy atom. The number of ketones is 1. The number of carbonyl (C=O) groups excluding carboxylic acids is 2. The molecule has 0 heterocycles. The Morgan fingerprint density at radius 3 is 2.17 bits per heavy atom. The van der Waals surface area contributed by atoms with E-state index in [0.29, 0.717) is 19.3 Å². The lowest BCUT2D eigenvalue weighted by atomic mass is 9.33. The molecule has 7 nitrogen and oxygen atoms in total. The first-order valence-electron chi connectivity index (χ1n) is 15.7. The summed E-state index contributed by atoms with van der Waals surface area (Å²) in [6.07, 6.45) is 8.80. The predicted molar refractivity (Wildman–Crippen MR) is 154 cm³/mol. The van der Waals surface area contributed by atoms with Gasteiger partial charge in [-0.1, -0.05) is 47.1 Å². The van der Waals surface area contributed by atoms with Gasteiger partial charge in [0.15, 0.2) is 5.78 Å². The van der Waals surface area contributed by atoms with Gasteiger partial charge in [0.25, 0.3) is 0 Å². The molecular weight excluding hydrogens is 520 g/mol. The van der Waals surface area contributed by atoms with Crippen LogP contribution in [-0.4, -0.2) is 40.0 Å². The fourth-order valence-electron chi connectivity index (χ4n) is 11.0. The molecule has 5 aliphatic carbocycles. The highest BCUT2D eigenvalue weighted by molar-refractivity contribution is 5.95. The van der Waals surface area contributed by atoms with Crippen LogP contribution < -0.4 is 0 Å². The average molecular weight is 571 g/mol. The van der Waals surface area contributed by atoms with Crippen LogP contribution in [0.15, 0.2) is 11.6 Å². The summed E-state index contributed by atoms with van der Waals surface area (Å²) in [7, 11) is 0. The van der Waals surface area contributed by atoms with Gasteiger partial charge < -0.3 is 14.9 Å². The maximum absolute atomic E-state index is 14.5. The van der Waals surface area contributed by atoms with Crippen LogP contribution in [0, 0.1) is 50.2 Å². The number of carboxylic acids is 2. The summed E-state index contributed by atoms with van der Waals surface area (Å²) >= 11 is 0. The molecule has 0 bridgehead atoms. The van der Waals surface area contributed by atoms with Crippen LogP contribution in [0.2, 0.25) is 0 Å². The topological polar surface area (TPSA) is 118 Å². The lowest BCUT2D eigenvalue weighted by Crippen LogP contribution is -2.66. The van der Waals surface area contributed by atoms with E-state index in [0.717, 1.165) is 38.5 Å². The van der Waals surface area contributed by atoms with Crippen LogP contribution in [0.25, 0.3) is 0 Å². The van der Waals surface area contributed by atoms with E-state index in [1.54, 1.807) is 0 Å². The van der Waals surface area contributed by atoms with Crippen molar-refractivity contribution in [3.63, 3.8) is 0 Å². The second-order valence-electron chi connectivity index (χ2n) is 16.3. The maximum atomic E-state index is 14.5. The molecule has 0 aliphatic heterocycles. The molecule has 2 unspecified atom stereocenters. The fraction of sp³-hybridized carbons (Fsp3) is 0.824. The zero-order chi connectivity index (χ0) is 30.4. The Kier molecular flexibility index (Phi) is 6.95. The van der Waals surface area contributed by atoms with Crippen molar-refractivity contribution in [1.29, 1.82) is 0 Å². The van der Waals surface area contributed by atoms with Crippen LogP contribution in [0.3, 0.4) is 0 Å². The number of aliphatic carboxylic acids is 2. The van der Waals surface area contributed by atoms with E-state index in [1.807, 2.05) is 13.0 Å². The van der Waals surface area contributed by atoms with Crippen LogP contribution >= 0.6 is 0 Å². The molecule has 4 saturated carbocycles. The van der Waals surface area contributed by atoms with Crippen LogP contribution in [-0.2, 0) is 23.9 Å². The molecule has 41 heavy (non-hydrogen) atoms. The highest BCUT2D eigenvalue weighted by atomic mass is 16.5. The monoisotopic (exact) mass is 570 g/mol. The highest BCUT2D eigenvalue weighted by Gasteiger charge is 2.70. The molecule has 0 radical (unpaired) electrons. The van der Waals surface area contributed by atoms with Gasteiger partial charge in [-0.3, -0.25) is 19.2 Å². The minimum atomic E-state index is -1.01. The number of carboxylic acid groups (broad SMARTS) is 2. The van der Waals surface area contributed by atoms with Gasteiger partial charge in [-0.25, -0.2) is 0 Å². The molecule has 7 heteroatoms. The van der Waals surface area contributed by atoms with Crippen molar-refractivity contribution in [1.82, 2.24) is 0 Å². The smallest absolute Gasteiger partial charge is 0.309 e. The van der Waals surface area contributed by atoms with Gasteiger partial charge in [-0.05, 0) is 104 Å². The molecule has 4 fully saturated rings. The van der Waals surface area contributed by atoms with E-state index in [4.69, 9.17) is 9.84 Å². The summed E-state index contributed by atoms with van der Waals surface area (Å²) in [6, 6.07) is 0. The Morgan fingerprint density at radius 2 is 1.54 bits per heavy atom. The molecule has 0 aromatic rings. The van der Waals surface area contributed by atoms with E-state index in [-0.39, 0.29) is 69.6 Å². The van der Waals surface area contributed by atoms with E-state index in [9.17, 15) is 24.3 Å². The molecule has 0 aromatic carbocycles. The Bertz CT molecular complexity index is 1200. The third kappa shape index (κ3) is 4.25. The Balaban J connectivity index is 1.49. The zero-order valence-electron chi connectivity index (χ0n) is 26.1. The number of allylic oxidation sites excluding steroid dienone is 2. The number of hydrogen-bond donors (Lipinski definition) is 2. The predicted octanol–water partition coefficient (Wildman–Crippen LogP) is 6.83. The van der Waals surface area contributed by atoms with Crippen LogP contribution in [0.4, 0.5) is 0 Å². The molecule has 0 aromatic heterocycles. The van der Waals surface area contributed by atoms with Crippen molar-refractivity contribution >= 4 is 23.7 Å². The highest BCUT2D eigenvalue weighted by Crippen LogP contribution is 2.75. The lowest BCUT2D eigenvalue weighted by Gasteiger charge is -2.70. The van der Waals surface area contributed by atoms with E-state index in [1.165, 1.54) is 5.57 Å². The fourth-order valence-corrected chi connectivity index (χ4v) is 11.0. The van der Waals surface area contributed by atoms with Gasteiger partial charge >= 0.3 is 17.9 Å². The average Bonchev–Trinajstić information content (AvgIpc) is 2.86. The van der Waals surface area contributed by atoms with Gasteiger partial charge in [-0.15, -0.1) is 0 Å². The standard InChI is InChI=1S/C34H50O7/c1-29(2)23-10-13-34(7)27(32(23,5)12-11-24(29)41-26(38)9-8-25(36)37)22(35)18-20-21-19-31(4,28(39)40)15-14-30(21,3)16-17-33(20,34)6/h18,21,23-24,27H,8-17,19H2,1-7H3,(H,36,37)(H,39,40)/t21-,23?,24-,27+,30+,31?,32-,33+,34+/m1/s1. The number of carbonyl (C=O) groups is 4. The summed E-state index contributed by atoms with van der Waals surface area (Å²) in [5.41, 5.74) is -0.553. The molecule has 2 N–H and O–H groups in total. The van der Waals surface area contributed by atoms with Crippen molar-refractivity contribution in [2.45, 2.75) is 125 Å². The van der Waals surface area contributed by atoms with Crippen molar-refractivity contribution in [3.05, 3.63) is 11.6 Å². The zero-order valence-corrected chi connectivity index (χ0v) is 26.1. The maximum Gasteiger partial charge on any atom is 0.309 e. The van der Waals surface area contributed by atoms with Crippen molar-refractivity contribution < 1.29 is 34.1 Å². The van der Waals surface area contributed by atoms with Crippen molar-refractivity contribution in [2.75, 3.05) is 0 Å². The minimum absolute atomic E-state index is 0.0233. The molecule has 0 amide bonds. The number of hydrogen-bond acceptors (Lipinski definition) is 5. The quantitative estimate of drug-likeness (QED) is 0.348. The Hall–Kier alpha value is -2.18. The normalized spacial score (nSPS) is 46.6. The molecule has 0 saturated heterocycles. The second-order valence-corrected chi connectivity index (χ2v) is 16.3. The SMILES string of the molecule is CC1(C(=O)O)CC[C@@]2(C)CC[C@@]3(C)C(=CC(=O)[C@@H]4[C@]3(C)CCC3C(C)(C)[C@H](OC(=O)CCC(=O)O)CC[C@]34C)[C@H]2C1.